The minimum absolute atomic E-state index is 0.0197. The lowest BCUT2D eigenvalue weighted by Gasteiger charge is -2.22. The van der Waals surface area contributed by atoms with Crippen LogP contribution in [0.25, 0.3) is 0 Å². The topological polar surface area (TPSA) is 46.3 Å². The number of anilines is 1. The van der Waals surface area contributed by atoms with Gasteiger partial charge in [-0.15, -0.1) is 0 Å². The first-order valence-electron chi connectivity index (χ1n) is 6.44. The Kier molecular flexibility index (Phi) is 2.66. The molecule has 1 aliphatic rings. The van der Waals surface area contributed by atoms with Crippen molar-refractivity contribution < 1.29 is 9.32 Å². The molecule has 3 rings (SSSR count). The van der Waals surface area contributed by atoms with Gasteiger partial charge in [-0.25, -0.2) is 0 Å². The van der Waals surface area contributed by atoms with Crippen LogP contribution in [0.1, 0.15) is 34.3 Å². The molecular weight excluding hydrogens is 240 g/mol. The zero-order valence-electron chi connectivity index (χ0n) is 11.3. The number of nitrogens with zero attached hydrogens (tertiary/aromatic N) is 2. The molecule has 0 radical (unpaired) electrons. The lowest BCUT2D eigenvalue weighted by molar-refractivity contribution is 0.0979. The number of para-hydroxylation sites is 1. The monoisotopic (exact) mass is 256 g/mol. The molecule has 98 valence electrons. The van der Waals surface area contributed by atoms with E-state index in [1.165, 1.54) is 5.56 Å². The molecule has 1 aliphatic heterocycles. The average Bonchev–Trinajstić information content (AvgIpc) is 2.88. The SMILES string of the molecule is Cc1noc(C)c1C(=O)N1c2ccccc2C[C@@H]1C. The Bertz CT molecular complexity index is 626. The molecule has 0 N–H and O–H groups in total. The van der Waals surface area contributed by atoms with Crippen LogP contribution in [0, 0.1) is 13.8 Å². The number of fused-ring (bicyclic) bond motifs is 1. The first-order valence-corrected chi connectivity index (χ1v) is 6.44. The van der Waals surface area contributed by atoms with Crippen LogP contribution in [0.5, 0.6) is 0 Å². The number of hydrogen-bond donors (Lipinski definition) is 0. The Hall–Kier alpha value is -2.10. The van der Waals surface area contributed by atoms with E-state index in [0.29, 0.717) is 17.0 Å². The van der Waals surface area contributed by atoms with Gasteiger partial charge in [-0.05, 0) is 38.8 Å². The molecule has 1 aromatic heterocycles. The number of carbonyl (C=O) groups is 1. The summed E-state index contributed by atoms with van der Waals surface area (Å²) in [5.74, 6) is 0.563. The molecule has 0 saturated heterocycles. The summed E-state index contributed by atoms with van der Waals surface area (Å²) in [5.41, 5.74) is 3.46. The first kappa shape index (κ1) is 12.0. The van der Waals surface area contributed by atoms with E-state index in [-0.39, 0.29) is 11.9 Å². The molecule has 0 unspecified atom stereocenters. The van der Waals surface area contributed by atoms with Gasteiger partial charge < -0.3 is 9.42 Å². The molecule has 0 saturated carbocycles. The van der Waals surface area contributed by atoms with Crippen molar-refractivity contribution in [3.63, 3.8) is 0 Å². The number of rotatable bonds is 1. The maximum Gasteiger partial charge on any atom is 0.264 e. The van der Waals surface area contributed by atoms with Crippen molar-refractivity contribution in [1.82, 2.24) is 5.16 Å². The summed E-state index contributed by atoms with van der Waals surface area (Å²) in [6.45, 7) is 5.65. The van der Waals surface area contributed by atoms with Crippen molar-refractivity contribution in [2.45, 2.75) is 33.2 Å². The maximum atomic E-state index is 12.7. The van der Waals surface area contributed by atoms with E-state index in [0.717, 1.165) is 12.1 Å². The molecule has 0 bridgehead atoms. The van der Waals surface area contributed by atoms with Crippen LogP contribution >= 0.6 is 0 Å². The third kappa shape index (κ3) is 1.75. The van der Waals surface area contributed by atoms with Gasteiger partial charge >= 0.3 is 0 Å². The Labute approximate surface area is 112 Å². The minimum Gasteiger partial charge on any atom is -0.361 e. The Morgan fingerprint density at radius 1 is 1.37 bits per heavy atom. The van der Waals surface area contributed by atoms with Crippen molar-refractivity contribution in [2.24, 2.45) is 0 Å². The van der Waals surface area contributed by atoms with Crippen LogP contribution < -0.4 is 4.90 Å². The summed E-state index contributed by atoms with van der Waals surface area (Å²) in [7, 11) is 0. The van der Waals surface area contributed by atoms with E-state index in [9.17, 15) is 4.79 Å². The van der Waals surface area contributed by atoms with Crippen LogP contribution in [-0.2, 0) is 6.42 Å². The van der Waals surface area contributed by atoms with Gasteiger partial charge in [-0.3, -0.25) is 4.79 Å². The lowest BCUT2D eigenvalue weighted by atomic mass is 10.1. The van der Waals surface area contributed by atoms with Crippen LogP contribution in [0.4, 0.5) is 5.69 Å². The molecule has 19 heavy (non-hydrogen) atoms. The third-order valence-electron chi connectivity index (χ3n) is 3.67. The van der Waals surface area contributed by atoms with Gasteiger partial charge in [-0.2, -0.15) is 0 Å². The summed E-state index contributed by atoms with van der Waals surface area (Å²) in [4.78, 5) is 14.6. The number of hydrogen-bond acceptors (Lipinski definition) is 3. The molecule has 0 aliphatic carbocycles. The Morgan fingerprint density at radius 3 is 2.79 bits per heavy atom. The van der Waals surface area contributed by atoms with E-state index < -0.39 is 0 Å². The quantitative estimate of drug-likeness (QED) is 0.788. The van der Waals surface area contributed by atoms with Gasteiger partial charge in [0.15, 0.2) is 0 Å². The number of carbonyl (C=O) groups excluding carboxylic acids is 1. The summed E-state index contributed by atoms with van der Waals surface area (Å²) >= 11 is 0. The lowest BCUT2D eigenvalue weighted by Crippen LogP contribution is -2.36. The second-order valence-corrected chi connectivity index (χ2v) is 5.06. The molecule has 0 spiro atoms. The van der Waals surface area contributed by atoms with Gasteiger partial charge in [0.1, 0.15) is 11.3 Å². The fourth-order valence-corrected chi connectivity index (χ4v) is 2.78. The Balaban J connectivity index is 2.06. The van der Waals surface area contributed by atoms with Crippen molar-refractivity contribution in [3.05, 3.63) is 46.8 Å². The van der Waals surface area contributed by atoms with Crippen molar-refractivity contribution in [2.75, 3.05) is 4.90 Å². The third-order valence-corrected chi connectivity index (χ3v) is 3.67. The summed E-state index contributed by atoms with van der Waals surface area (Å²) in [5, 5.41) is 3.87. The van der Waals surface area contributed by atoms with Gasteiger partial charge in [0.2, 0.25) is 0 Å². The van der Waals surface area contributed by atoms with E-state index >= 15 is 0 Å². The van der Waals surface area contributed by atoms with Gasteiger partial charge in [0.25, 0.3) is 5.91 Å². The van der Waals surface area contributed by atoms with E-state index in [4.69, 9.17) is 4.52 Å². The standard InChI is InChI=1S/C15H16N2O2/c1-9-8-12-6-4-5-7-13(12)17(9)15(18)14-10(2)16-19-11(14)3/h4-7,9H,8H2,1-3H3/t9-/m0/s1. The molecule has 0 fully saturated rings. The van der Waals surface area contributed by atoms with E-state index in [1.807, 2.05) is 23.1 Å². The van der Waals surface area contributed by atoms with E-state index in [2.05, 4.69) is 18.1 Å². The predicted molar refractivity (Wildman–Crippen MR) is 72.4 cm³/mol. The predicted octanol–water partition coefficient (Wildman–Crippen LogP) is 2.88. The molecule has 1 aromatic carbocycles. The summed E-state index contributed by atoms with van der Waals surface area (Å²) in [6, 6.07) is 8.21. The van der Waals surface area contributed by atoms with Gasteiger partial charge in [0.05, 0.1) is 5.69 Å². The van der Waals surface area contributed by atoms with Crippen molar-refractivity contribution in [3.8, 4) is 0 Å². The number of amides is 1. The first-order chi connectivity index (χ1) is 9.09. The van der Waals surface area contributed by atoms with Crippen molar-refractivity contribution >= 4 is 11.6 Å². The fourth-order valence-electron chi connectivity index (χ4n) is 2.78. The molecule has 1 atom stereocenters. The number of aryl methyl sites for hydroxylation is 2. The average molecular weight is 256 g/mol. The van der Waals surface area contributed by atoms with E-state index in [1.54, 1.807) is 13.8 Å². The highest BCUT2D eigenvalue weighted by molar-refractivity contribution is 6.08. The minimum atomic E-state index is -0.0197. The molecular formula is C15H16N2O2. The Morgan fingerprint density at radius 2 is 2.11 bits per heavy atom. The normalized spacial score (nSPS) is 17.6. The zero-order chi connectivity index (χ0) is 13.6. The number of aromatic nitrogens is 1. The van der Waals surface area contributed by atoms with Crippen LogP contribution in [0.2, 0.25) is 0 Å². The highest BCUT2D eigenvalue weighted by atomic mass is 16.5. The smallest absolute Gasteiger partial charge is 0.264 e. The highest BCUT2D eigenvalue weighted by Crippen LogP contribution is 2.33. The van der Waals surface area contributed by atoms with Crippen molar-refractivity contribution in [1.29, 1.82) is 0 Å². The maximum absolute atomic E-state index is 12.7. The summed E-state index contributed by atoms with van der Waals surface area (Å²) in [6.07, 6.45) is 0.894. The van der Waals surface area contributed by atoms with Crippen LogP contribution in [0.3, 0.4) is 0 Å². The van der Waals surface area contributed by atoms with Gasteiger partial charge in [0, 0.05) is 11.7 Å². The van der Waals surface area contributed by atoms with Crippen LogP contribution in [-0.4, -0.2) is 17.1 Å². The largest absolute Gasteiger partial charge is 0.361 e. The fraction of sp³-hybridized carbons (Fsp3) is 0.333. The second-order valence-electron chi connectivity index (χ2n) is 5.06. The molecule has 4 nitrogen and oxygen atoms in total. The summed E-state index contributed by atoms with van der Waals surface area (Å²) < 4.78 is 5.10. The van der Waals surface area contributed by atoms with Gasteiger partial charge in [-0.1, -0.05) is 23.4 Å². The van der Waals surface area contributed by atoms with Crippen LogP contribution in [0.15, 0.2) is 28.8 Å². The number of benzene rings is 1. The molecule has 2 heterocycles. The molecule has 4 heteroatoms. The highest BCUT2D eigenvalue weighted by Gasteiger charge is 2.33. The zero-order valence-corrected chi connectivity index (χ0v) is 11.3. The molecule has 2 aromatic rings. The molecule has 1 amide bonds. The second kappa shape index (κ2) is 4.23.